The van der Waals surface area contributed by atoms with Crippen molar-refractivity contribution >= 4 is 12.0 Å². The van der Waals surface area contributed by atoms with E-state index in [1.165, 1.54) is 32.0 Å². The van der Waals surface area contributed by atoms with Crippen molar-refractivity contribution in [1.29, 1.82) is 0 Å². The van der Waals surface area contributed by atoms with Gasteiger partial charge in [0.2, 0.25) is 5.91 Å². The molecule has 0 aromatic heterocycles. The van der Waals surface area contributed by atoms with E-state index in [2.05, 4.69) is 4.90 Å². The van der Waals surface area contributed by atoms with Crippen LogP contribution in [0.15, 0.2) is 30.3 Å². The SMILES string of the molecule is NC(=O)/C=C\c1ccccc1OCCN1CCCC1. The molecule has 19 heavy (non-hydrogen) atoms. The summed E-state index contributed by atoms with van der Waals surface area (Å²) in [6.07, 6.45) is 5.62. The lowest BCUT2D eigenvalue weighted by Gasteiger charge is -2.15. The first kappa shape index (κ1) is 13.6. The van der Waals surface area contributed by atoms with Gasteiger partial charge in [0, 0.05) is 18.2 Å². The van der Waals surface area contributed by atoms with Gasteiger partial charge in [-0.2, -0.15) is 0 Å². The topological polar surface area (TPSA) is 55.6 Å². The van der Waals surface area contributed by atoms with Gasteiger partial charge < -0.3 is 10.5 Å². The fourth-order valence-electron chi connectivity index (χ4n) is 2.21. The number of rotatable bonds is 6. The number of para-hydroxylation sites is 1. The third kappa shape index (κ3) is 4.41. The van der Waals surface area contributed by atoms with Crippen LogP contribution in [0.4, 0.5) is 0 Å². The van der Waals surface area contributed by atoms with Gasteiger partial charge in [0.15, 0.2) is 0 Å². The molecular formula is C15H20N2O2. The third-order valence-corrected chi connectivity index (χ3v) is 3.21. The van der Waals surface area contributed by atoms with Gasteiger partial charge in [-0.05, 0) is 38.1 Å². The smallest absolute Gasteiger partial charge is 0.241 e. The minimum absolute atomic E-state index is 0.452. The molecule has 2 rings (SSSR count). The fourth-order valence-corrected chi connectivity index (χ4v) is 2.21. The summed E-state index contributed by atoms with van der Waals surface area (Å²) in [6, 6.07) is 7.65. The quantitative estimate of drug-likeness (QED) is 0.791. The molecule has 0 aliphatic carbocycles. The van der Waals surface area contributed by atoms with Crippen LogP contribution in [0.1, 0.15) is 18.4 Å². The van der Waals surface area contributed by atoms with Crippen LogP contribution in [-0.4, -0.2) is 37.0 Å². The van der Waals surface area contributed by atoms with E-state index in [0.717, 1.165) is 17.9 Å². The summed E-state index contributed by atoms with van der Waals surface area (Å²) < 4.78 is 5.79. The van der Waals surface area contributed by atoms with Gasteiger partial charge in [-0.3, -0.25) is 9.69 Å². The molecule has 2 N–H and O–H groups in total. The van der Waals surface area contributed by atoms with Crippen molar-refractivity contribution in [2.75, 3.05) is 26.2 Å². The average Bonchev–Trinajstić information content (AvgIpc) is 2.91. The van der Waals surface area contributed by atoms with Crippen molar-refractivity contribution in [2.24, 2.45) is 5.73 Å². The van der Waals surface area contributed by atoms with Crippen molar-refractivity contribution in [3.05, 3.63) is 35.9 Å². The van der Waals surface area contributed by atoms with Gasteiger partial charge in [-0.1, -0.05) is 18.2 Å². The number of hydrogen-bond acceptors (Lipinski definition) is 3. The standard InChI is InChI=1S/C15H20N2O2/c16-15(18)8-7-13-5-1-2-6-14(13)19-12-11-17-9-3-4-10-17/h1-2,5-8H,3-4,9-12H2,(H2,16,18)/b8-7-. The summed E-state index contributed by atoms with van der Waals surface area (Å²) in [6.45, 7) is 3.97. The maximum atomic E-state index is 10.8. The molecule has 1 saturated heterocycles. The van der Waals surface area contributed by atoms with Crippen LogP contribution in [-0.2, 0) is 4.79 Å². The molecule has 4 heteroatoms. The van der Waals surface area contributed by atoms with E-state index in [9.17, 15) is 4.79 Å². The lowest BCUT2D eigenvalue weighted by Crippen LogP contribution is -2.25. The summed E-state index contributed by atoms with van der Waals surface area (Å²) in [5.41, 5.74) is 5.98. The van der Waals surface area contributed by atoms with Crippen LogP contribution in [0.25, 0.3) is 6.08 Å². The van der Waals surface area contributed by atoms with E-state index < -0.39 is 5.91 Å². The van der Waals surface area contributed by atoms with Crippen molar-refractivity contribution in [2.45, 2.75) is 12.8 Å². The van der Waals surface area contributed by atoms with Crippen molar-refractivity contribution in [3.63, 3.8) is 0 Å². The van der Waals surface area contributed by atoms with Gasteiger partial charge in [-0.15, -0.1) is 0 Å². The van der Waals surface area contributed by atoms with Gasteiger partial charge in [0.05, 0.1) is 0 Å². The molecule has 1 aliphatic heterocycles. The second kappa shape index (κ2) is 6.95. The van der Waals surface area contributed by atoms with Crippen molar-refractivity contribution in [1.82, 2.24) is 4.90 Å². The molecular weight excluding hydrogens is 240 g/mol. The van der Waals surface area contributed by atoms with Gasteiger partial charge in [0.25, 0.3) is 0 Å². The summed E-state index contributed by atoms with van der Waals surface area (Å²) >= 11 is 0. The Balaban J connectivity index is 1.89. The zero-order valence-corrected chi connectivity index (χ0v) is 11.0. The van der Waals surface area contributed by atoms with Crippen LogP contribution in [0, 0.1) is 0 Å². The largest absolute Gasteiger partial charge is 0.492 e. The van der Waals surface area contributed by atoms with Crippen molar-refractivity contribution in [3.8, 4) is 5.75 Å². The predicted octanol–water partition coefficient (Wildman–Crippen LogP) is 1.66. The fraction of sp³-hybridized carbons (Fsp3) is 0.400. The second-order valence-corrected chi connectivity index (χ2v) is 4.67. The van der Waals surface area contributed by atoms with Crippen LogP contribution in [0.3, 0.4) is 0 Å². The monoisotopic (exact) mass is 260 g/mol. The Kier molecular flexibility index (Phi) is 4.98. The molecule has 0 spiro atoms. The highest BCUT2D eigenvalue weighted by atomic mass is 16.5. The summed E-state index contributed by atoms with van der Waals surface area (Å²) in [5, 5.41) is 0. The molecule has 0 unspecified atom stereocenters. The summed E-state index contributed by atoms with van der Waals surface area (Å²) in [7, 11) is 0. The van der Waals surface area contributed by atoms with Gasteiger partial charge in [0.1, 0.15) is 12.4 Å². The Hall–Kier alpha value is -1.81. The molecule has 102 valence electrons. The minimum Gasteiger partial charge on any atom is -0.492 e. The molecule has 4 nitrogen and oxygen atoms in total. The van der Waals surface area contributed by atoms with Gasteiger partial charge >= 0.3 is 0 Å². The molecule has 1 heterocycles. The molecule has 0 atom stereocenters. The first-order chi connectivity index (χ1) is 9.25. The lowest BCUT2D eigenvalue weighted by atomic mass is 10.2. The molecule has 1 aromatic rings. The lowest BCUT2D eigenvalue weighted by molar-refractivity contribution is -0.113. The van der Waals surface area contributed by atoms with E-state index in [-0.39, 0.29) is 0 Å². The minimum atomic E-state index is -0.452. The number of amides is 1. The van der Waals surface area contributed by atoms with Crippen LogP contribution in [0.5, 0.6) is 5.75 Å². The van der Waals surface area contributed by atoms with Crippen LogP contribution >= 0.6 is 0 Å². The first-order valence-corrected chi connectivity index (χ1v) is 6.67. The zero-order valence-electron chi connectivity index (χ0n) is 11.0. The number of primary amides is 1. The summed E-state index contributed by atoms with van der Waals surface area (Å²) in [5.74, 6) is 0.339. The maximum absolute atomic E-state index is 10.8. The molecule has 1 aliphatic rings. The average molecular weight is 260 g/mol. The van der Waals surface area contributed by atoms with Crippen molar-refractivity contribution < 1.29 is 9.53 Å². The van der Waals surface area contributed by atoms with Gasteiger partial charge in [-0.25, -0.2) is 0 Å². The molecule has 1 aromatic carbocycles. The molecule has 0 radical (unpaired) electrons. The highest BCUT2D eigenvalue weighted by Gasteiger charge is 2.11. The number of nitrogens with zero attached hydrogens (tertiary/aromatic N) is 1. The highest BCUT2D eigenvalue weighted by Crippen LogP contribution is 2.19. The molecule has 1 fully saturated rings. The number of carbonyl (C=O) groups excluding carboxylic acids is 1. The van der Waals surface area contributed by atoms with E-state index >= 15 is 0 Å². The Labute approximate surface area is 113 Å². The Morgan fingerprint density at radius 2 is 2.05 bits per heavy atom. The first-order valence-electron chi connectivity index (χ1n) is 6.67. The highest BCUT2D eigenvalue weighted by molar-refractivity contribution is 5.90. The number of ether oxygens (including phenoxy) is 1. The Bertz CT molecular complexity index is 451. The molecule has 1 amide bonds. The molecule has 0 bridgehead atoms. The number of likely N-dealkylation sites (tertiary alicyclic amines) is 1. The Morgan fingerprint density at radius 3 is 2.79 bits per heavy atom. The summed E-state index contributed by atoms with van der Waals surface area (Å²) in [4.78, 5) is 13.2. The number of nitrogens with two attached hydrogens (primary N) is 1. The number of hydrogen-bond donors (Lipinski definition) is 1. The normalized spacial score (nSPS) is 16.0. The van der Waals surface area contributed by atoms with Crippen LogP contribution in [0.2, 0.25) is 0 Å². The number of benzene rings is 1. The van der Waals surface area contributed by atoms with E-state index in [4.69, 9.17) is 10.5 Å². The zero-order chi connectivity index (χ0) is 13.5. The van der Waals surface area contributed by atoms with Crippen LogP contribution < -0.4 is 10.5 Å². The van der Waals surface area contributed by atoms with E-state index in [0.29, 0.717) is 6.61 Å². The predicted molar refractivity (Wildman–Crippen MR) is 75.8 cm³/mol. The third-order valence-electron chi connectivity index (χ3n) is 3.21. The maximum Gasteiger partial charge on any atom is 0.241 e. The van der Waals surface area contributed by atoms with E-state index in [1.54, 1.807) is 6.08 Å². The second-order valence-electron chi connectivity index (χ2n) is 4.67. The number of carbonyl (C=O) groups is 1. The molecule has 0 saturated carbocycles. The van der Waals surface area contributed by atoms with E-state index in [1.807, 2.05) is 24.3 Å². The Morgan fingerprint density at radius 1 is 1.32 bits per heavy atom.